The fourth-order valence-corrected chi connectivity index (χ4v) is 1.44. The van der Waals surface area contributed by atoms with Crippen LogP contribution in [-0.4, -0.2) is 12.6 Å². The molecular weight excluding hydrogens is 202 g/mol. The van der Waals surface area contributed by atoms with Gasteiger partial charge in [0.1, 0.15) is 5.75 Å². The van der Waals surface area contributed by atoms with Gasteiger partial charge in [-0.25, -0.2) is 4.79 Å². The van der Waals surface area contributed by atoms with Crippen molar-refractivity contribution < 1.29 is 9.53 Å². The average molecular weight is 221 g/mol. The van der Waals surface area contributed by atoms with Crippen molar-refractivity contribution in [3.63, 3.8) is 0 Å². The summed E-state index contributed by atoms with van der Waals surface area (Å²) in [6.45, 7) is 4.93. The Hall–Kier alpha value is -1.51. The maximum Gasteiger partial charge on any atom is 0.412 e. The molecule has 0 aliphatic carbocycles. The van der Waals surface area contributed by atoms with Crippen molar-refractivity contribution in [2.75, 3.05) is 6.54 Å². The fraction of sp³-hybridized carbons (Fsp3) is 0.462. The molecule has 88 valence electrons. The third-order valence-electron chi connectivity index (χ3n) is 2.64. The molecule has 16 heavy (non-hydrogen) atoms. The minimum Gasteiger partial charge on any atom is -0.410 e. The number of rotatable bonds is 5. The van der Waals surface area contributed by atoms with Gasteiger partial charge in [0.2, 0.25) is 0 Å². The van der Waals surface area contributed by atoms with Crippen molar-refractivity contribution in [2.24, 2.45) is 5.92 Å². The van der Waals surface area contributed by atoms with Crippen LogP contribution in [0.3, 0.4) is 0 Å². The number of hydrogen-bond acceptors (Lipinski definition) is 2. The molecule has 1 aromatic rings. The van der Waals surface area contributed by atoms with Crippen LogP contribution in [0, 0.1) is 5.92 Å². The molecule has 0 unspecified atom stereocenters. The molecule has 3 nitrogen and oxygen atoms in total. The van der Waals surface area contributed by atoms with Crippen molar-refractivity contribution in [3.05, 3.63) is 30.3 Å². The largest absolute Gasteiger partial charge is 0.412 e. The van der Waals surface area contributed by atoms with E-state index in [-0.39, 0.29) is 6.09 Å². The molecule has 1 N–H and O–H groups in total. The first kappa shape index (κ1) is 12.6. The van der Waals surface area contributed by atoms with Crippen molar-refractivity contribution in [3.8, 4) is 5.75 Å². The maximum absolute atomic E-state index is 11.4. The highest BCUT2D eigenvalue weighted by molar-refractivity contribution is 5.70. The molecule has 1 rings (SSSR count). The number of benzene rings is 1. The molecule has 0 atom stereocenters. The Labute approximate surface area is 96.8 Å². The first-order valence-corrected chi connectivity index (χ1v) is 5.77. The SMILES string of the molecule is CCC(CC)CNC(=O)Oc1ccccc1. The van der Waals surface area contributed by atoms with E-state index < -0.39 is 0 Å². The van der Waals surface area contributed by atoms with Crippen LogP contribution in [0.15, 0.2) is 30.3 Å². The molecule has 0 saturated heterocycles. The van der Waals surface area contributed by atoms with Crippen LogP contribution in [-0.2, 0) is 0 Å². The lowest BCUT2D eigenvalue weighted by Gasteiger charge is -2.13. The summed E-state index contributed by atoms with van der Waals surface area (Å²) in [6.07, 6.45) is 1.77. The first-order valence-electron chi connectivity index (χ1n) is 5.77. The van der Waals surface area contributed by atoms with Crippen LogP contribution in [0.2, 0.25) is 0 Å². The first-order chi connectivity index (χ1) is 7.76. The standard InChI is InChI=1S/C13H19NO2/c1-3-11(4-2)10-14-13(15)16-12-8-6-5-7-9-12/h5-9,11H,3-4,10H2,1-2H3,(H,14,15). The van der Waals surface area contributed by atoms with Crippen LogP contribution in [0.4, 0.5) is 4.79 Å². The molecule has 0 saturated carbocycles. The Balaban J connectivity index is 2.31. The third kappa shape index (κ3) is 4.34. The molecule has 0 radical (unpaired) electrons. The molecule has 0 aliphatic heterocycles. The van der Waals surface area contributed by atoms with E-state index in [9.17, 15) is 4.79 Å². The Morgan fingerprint density at radius 2 is 1.88 bits per heavy atom. The van der Waals surface area contributed by atoms with Gasteiger partial charge in [0.15, 0.2) is 0 Å². The van der Waals surface area contributed by atoms with E-state index in [1.54, 1.807) is 12.1 Å². The normalized spacial score (nSPS) is 10.2. The highest BCUT2D eigenvalue weighted by atomic mass is 16.5. The lowest BCUT2D eigenvalue weighted by Crippen LogP contribution is -2.31. The summed E-state index contributed by atoms with van der Waals surface area (Å²) >= 11 is 0. The number of ether oxygens (including phenoxy) is 1. The summed E-state index contributed by atoms with van der Waals surface area (Å²) in [5.74, 6) is 1.10. The van der Waals surface area contributed by atoms with Gasteiger partial charge >= 0.3 is 6.09 Å². The minimum atomic E-state index is -0.377. The summed E-state index contributed by atoms with van der Waals surface area (Å²) in [5.41, 5.74) is 0. The Bertz CT molecular complexity index is 307. The number of amides is 1. The quantitative estimate of drug-likeness (QED) is 0.829. The lowest BCUT2D eigenvalue weighted by atomic mass is 10.0. The molecular formula is C13H19NO2. The van der Waals surface area contributed by atoms with Crippen LogP contribution in [0.25, 0.3) is 0 Å². The van der Waals surface area contributed by atoms with Crippen molar-refractivity contribution >= 4 is 6.09 Å². The second kappa shape index (κ2) is 6.88. The topological polar surface area (TPSA) is 38.3 Å². The monoisotopic (exact) mass is 221 g/mol. The van der Waals surface area contributed by atoms with Gasteiger partial charge in [0.05, 0.1) is 0 Å². The zero-order chi connectivity index (χ0) is 11.8. The summed E-state index contributed by atoms with van der Waals surface area (Å²) < 4.78 is 5.10. The molecule has 0 bridgehead atoms. The molecule has 0 heterocycles. The smallest absolute Gasteiger partial charge is 0.410 e. The Kier molecular flexibility index (Phi) is 5.40. The molecule has 0 aliphatic rings. The van der Waals surface area contributed by atoms with Crippen LogP contribution in [0.5, 0.6) is 5.75 Å². The number of hydrogen-bond donors (Lipinski definition) is 1. The molecule has 1 amide bonds. The second-order valence-corrected chi connectivity index (χ2v) is 3.77. The zero-order valence-electron chi connectivity index (χ0n) is 9.90. The molecule has 3 heteroatoms. The predicted molar refractivity (Wildman–Crippen MR) is 64.5 cm³/mol. The lowest BCUT2D eigenvalue weighted by molar-refractivity contribution is 0.198. The minimum absolute atomic E-state index is 0.377. The van der Waals surface area contributed by atoms with Gasteiger partial charge in [-0.3, -0.25) is 0 Å². The molecule has 0 aromatic heterocycles. The van der Waals surface area contributed by atoms with Gasteiger partial charge in [0, 0.05) is 6.54 Å². The van der Waals surface area contributed by atoms with Gasteiger partial charge in [-0.1, -0.05) is 44.9 Å². The summed E-state index contributed by atoms with van der Waals surface area (Å²) in [4.78, 5) is 11.4. The average Bonchev–Trinajstić information content (AvgIpc) is 2.31. The summed E-state index contributed by atoms with van der Waals surface area (Å²) in [5, 5.41) is 2.77. The van der Waals surface area contributed by atoms with Crippen LogP contribution >= 0.6 is 0 Å². The van der Waals surface area contributed by atoms with Gasteiger partial charge in [-0.2, -0.15) is 0 Å². The fourth-order valence-electron chi connectivity index (χ4n) is 1.44. The molecule has 0 spiro atoms. The summed E-state index contributed by atoms with van der Waals surface area (Å²) in [6, 6.07) is 9.08. The van der Waals surface area contributed by atoms with E-state index in [1.807, 2.05) is 18.2 Å². The van der Waals surface area contributed by atoms with Crippen LogP contribution in [0.1, 0.15) is 26.7 Å². The zero-order valence-corrected chi connectivity index (χ0v) is 9.90. The van der Waals surface area contributed by atoms with Crippen molar-refractivity contribution in [2.45, 2.75) is 26.7 Å². The van der Waals surface area contributed by atoms with Gasteiger partial charge in [-0.15, -0.1) is 0 Å². The van der Waals surface area contributed by atoms with E-state index >= 15 is 0 Å². The van der Waals surface area contributed by atoms with E-state index in [0.29, 0.717) is 18.2 Å². The number of para-hydroxylation sites is 1. The van der Waals surface area contributed by atoms with E-state index in [4.69, 9.17) is 4.74 Å². The maximum atomic E-state index is 11.4. The van der Waals surface area contributed by atoms with Gasteiger partial charge in [-0.05, 0) is 18.1 Å². The summed E-state index contributed by atoms with van der Waals surface area (Å²) in [7, 11) is 0. The van der Waals surface area contributed by atoms with E-state index in [2.05, 4.69) is 19.2 Å². The third-order valence-corrected chi connectivity index (χ3v) is 2.64. The molecule has 0 fully saturated rings. The highest BCUT2D eigenvalue weighted by Gasteiger charge is 2.07. The number of nitrogens with one attached hydrogen (secondary N) is 1. The second-order valence-electron chi connectivity index (χ2n) is 3.77. The van der Waals surface area contributed by atoms with Crippen LogP contribution < -0.4 is 10.1 Å². The van der Waals surface area contributed by atoms with E-state index in [0.717, 1.165) is 12.8 Å². The van der Waals surface area contributed by atoms with Gasteiger partial charge < -0.3 is 10.1 Å². The van der Waals surface area contributed by atoms with Crippen molar-refractivity contribution in [1.82, 2.24) is 5.32 Å². The predicted octanol–water partition coefficient (Wildman–Crippen LogP) is 3.21. The van der Waals surface area contributed by atoms with E-state index in [1.165, 1.54) is 0 Å². The van der Waals surface area contributed by atoms with Crippen molar-refractivity contribution in [1.29, 1.82) is 0 Å². The Morgan fingerprint density at radius 3 is 2.44 bits per heavy atom. The Morgan fingerprint density at radius 1 is 1.25 bits per heavy atom. The number of carbonyl (C=O) groups is 1. The highest BCUT2D eigenvalue weighted by Crippen LogP contribution is 2.09. The molecule has 1 aromatic carbocycles. The number of carbonyl (C=O) groups excluding carboxylic acids is 1. The van der Waals surface area contributed by atoms with Gasteiger partial charge in [0.25, 0.3) is 0 Å².